The summed E-state index contributed by atoms with van der Waals surface area (Å²) < 4.78 is 11.0. The Labute approximate surface area is 154 Å². The molecule has 25 heavy (non-hydrogen) atoms. The molecule has 3 aromatic rings. The number of esters is 1. The lowest BCUT2D eigenvalue weighted by Gasteiger charge is -2.09. The zero-order valence-corrected chi connectivity index (χ0v) is 15.7. The van der Waals surface area contributed by atoms with Gasteiger partial charge in [0.1, 0.15) is 22.1 Å². The highest BCUT2D eigenvalue weighted by Gasteiger charge is 2.21. The molecule has 0 N–H and O–H groups in total. The number of thiophene rings is 1. The number of aromatic nitrogens is 2. The lowest BCUT2D eigenvalue weighted by Crippen LogP contribution is -2.04. The van der Waals surface area contributed by atoms with E-state index in [4.69, 9.17) is 21.1 Å². The summed E-state index contributed by atoms with van der Waals surface area (Å²) in [7, 11) is 0. The SMILES string of the molecule is CCOC(=O)c1sc2nc(C)nc(OCc3ccccc3Cl)c2c1C. The van der Waals surface area contributed by atoms with Crippen LogP contribution in [0.3, 0.4) is 0 Å². The average molecular weight is 377 g/mol. The number of nitrogens with zero attached hydrogens (tertiary/aromatic N) is 2. The first-order valence-electron chi connectivity index (χ1n) is 7.82. The van der Waals surface area contributed by atoms with E-state index in [1.165, 1.54) is 11.3 Å². The minimum atomic E-state index is -0.349. The van der Waals surface area contributed by atoms with Crippen LogP contribution >= 0.6 is 22.9 Å². The quantitative estimate of drug-likeness (QED) is 0.603. The zero-order chi connectivity index (χ0) is 18.0. The fourth-order valence-corrected chi connectivity index (χ4v) is 3.76. The topological polar surface area (TPSA) is 61.3 Å². The normalized spacial score (nSPS) is 10.9. The monoisotopic (exact) mass is 376 g/mol. The Kier molecular flexibility index (Phi) is 5.20. The highest BCUT2D eigenvalue weighted by atomic mass is 35.5. The van der Waals surface area contributed by atoms with Crippen molar-refractivity contribution in [3.05, 3.63) is 51.1 Å². The maximum Gasteiger partial charge on any atom is 0.348 e. The van der Waals surface area contributed by atoms with Gasteiger partial charge in [-0.05, 0) is 32.4 Å². The molecule has 0 aliphatic carbocycles. The van der Waals surface area contributed by atoms with Gasteiger partial charge >= 0.3 is 5.97 Å². The van der Waals surface area contributed by atoms with Gasteiger partial charge in [0.25, 0.3) is 0 Å². The molecule has 0 saturated heterocycles. The van der Waals surface area contributed by atoms with Crippen LogP contribution in [0.5, 0.6) is 5.88 Å². The van der Waals surface area contributed by atoms with Crippen LogP contribution < -0.4 is 4.74 Å². The molecule has 0 fully saturated rings. The first-order valence-corrected chi connectivity index (χ1v) is 9.01. The smallest absolute Gasteiger partial charge is 0.348 e. The molecule has 0 saturated carbocycles. The zero-order valence-electron chi connectivity index (χ0n) is 14.1. The summed E-state index contributed by atoms with van der Waals surface area (Å²) in [6, 6.07) is 7.49. The number of carbonyl (C=O) groups excluding carboxylic acids is 1. The average Bonchev–Trinajstić information content (AvgIpc) is 2.91. The van der Waals surface area contributed by atoms with Gasteiger partial charge in [0.2, 0.25) is 5.88 Å². The number of rotatable bonds is 5. The van der Waals surface area contributed by atoms with Gasteiger partial charge in [-0.25, -0.2) is 9.78 Å². The van der Waals surface area contributed by atoms with E-state index in [1.54, 1.807) is 13.8 Å². The Balaban J connectivity index is 2.00. The number of carbonyl (C=O) groups is 1. The second kappa shape index (κ2) is 7.37. The van der Waals surface area contributed by atoms with Gasteiger partial charge in [0.15, 0.2) is 0 Å². The van der Waals surface area contributed by atoms with Crippen molar-refractivity contribution in [2.24, 2.45) is 0 Å². The molecule has 2 aromatic heterocycles. The molecule has 0 aliphatic rings. The Morgan fingerprint density at radius 2 is 2.00 bits per heavy atom. The van der Waals surface area contributed by atoms with Crippen molar-refractivity contribution in [1.29, 1.82) is 0 Å². The van der Waals surface area contributed by atoms with E-state index in [0.717, 1.165) is 16.5 Å². The lowest BCUT2D eigenvalue weighted by atomic mass is 10.2. The van der Waals surface area contributed by atoms with Gasteiger partial charge in [0, 0.05) is 10.6 Å². The van der Waals surface area contributed by atoms with Gasteiger partial charge < -0.3 is 9.47 Å². The third-order valence-electron chi connectivity index (χ3n) is 3.65. The predicted molar refractivity (Wildman–Crippen MR) is 98.6 cm³/mol. The van der Waals surface area contributed by atoms with Crippen LogP contribution in [0.4, 0.5) is 0 Å². The van der Waals surface area contributed by atoms with Crippen molar-refractivity contribution < 1.29 is 14.3 Å². The summed E-state index contributed by atoms with van der Waals surface area (Å²) in [5.74, 6) is 0.683. The number of ether oxygens (including phenoxy) is 2. The summed E-state index contributed by atoms with van der Waals surface area (Å²) in [5, 5.41) is 1.38. The Morgan fingerprint density at radius 3 is 2.72 bits per heavy atom. The molecule has 0 radical (unpaired) electrons. The largest absolute Gasteiger partial charge is 0.472 e. The highest BCUT2D eigenvalue weighted by molar-refractivity contribution is 7.20. The van der Waals surface area contributed by atoms with Gasteiger partial charge in [0.05, 0.1) is 12.0 Å². The number of fused-ring (bicyclic) bond motifs is 1. The molecule has 5 nitrogen and oxygen atoms in total. The highest BCUT2D eigenvalue weighted by Crippen LogP contribution is 2.36. The van der Waals surface area contributed by atoms with Crippen molar-refractivity contribution in [2.75, 3.05) is 6.61 Å². The molecule has 0 atom stereocenters. The van der Waals surface area contributed by atoms with Crippen molar-refractivity contribution in [2.45, 2.75) is 27.4 Å². The standard InChI is InChI=1S/C18H17ClN2O3S/c1-4-23-18(22)15-10(2)14-16(20-11(3)21-17(14)25-15)24-9-12-7-5-6-8-13(12)19/h5-8H,4,9H2,1-3H3. The number of halogens is 1. The third kappa shape index (κ3) is 3.60. The molecule has 0 aliphatic heterocycles. The van der Waals surface area contributed by atoms with Crippen LogP contribution in [0.1, 0.15) is 33.5 Å². The molecule has 130 valence electrons. The summed E-state index contributed by atoms with van der Waals surface area (Å²) in [4.78, 5) is 22.2. The second-order valence-electron chi connectivity index (χ2n) is 5.41. The minimum absolute atomic E-state index is 0.287. The van der Waals surface area contributed by atoms with Gasteiger partial charge in [-0.3, -0.25) is 0 Å². The molecular weight excluding hydrogens is 360 g/mol. The predicted octanol–water partition coefficient (Wildman–Crippen LogP) is 4.72. The van der Waals surface area contributed by atoms with Gasteiger partial charge in [-0.15, -0.1) is 11.3 Å². The van der Waals surface area contributed by atoms with Crippen molar-refractivity contribution in [3.63, 3.8) is 0 Å². The molecule has 1 aromatic carbocycles. The first kappa shape index (κ1) is 17.6. The van der Waals surface area contributed by atoms with E-state index < -0.39 is 0 Å². The second-order valence-corrected chi connectivity index (χ2v) is 6.82. The molecule has 0 amide bonds. The van der Waals surface area contributed by atoms with E-state index in [0.29, 0.717) is 33.0 Å². The molecule has 0 unspecified atom stereocenters. The fraction of sp³-hybridized carbons (Fsp3) is 0.278. The van der Waals surface area contributed by atoms with Crippen LogP contribution in [0.25, 0.3) is 10.2 Å². The molecule has 0 bridgehead atoms. The summed E-state index contributed by atoms with van der Waals surface area (Å²) in [6.07, 6.45) is 0. The lowest BCUT2D eigenvalue weighted by molar-refractivity contribution is 0.0531. The summed E-state index contributed by atoms with van der Waals surface area (Å²) in [6.45, 7) is 6.04. The van der Waals surface area contributed by atoms with E-state index in [2.05, 4.69) is 9.97 Å². The maximum absolute atomic E-state index is 12.1. The maximum atomic E-state index is 12.1. The van der Waals surface area contributed by atoms with Crippen LogP contribution in [0.2, 0.25) is 5.02 Å². The van der Waals surface area contributed by atoms with Crippen LogP contribution in [0, 0.1) is 13.8 Å². The number of hydrogen-bond acceptors (Lipinski definition) is 6. The van der Waals surface area contributed by atoms with Crippen molar-refractivity contribution in [1.82, 2.24) is 9.97 Å². The van der Waals surface area contributed by atoms with Crippen molar-refractivity contribution in [3.8, 4) is 5.88 Å². The molecule has 0 spiro atoms. The molecule has 7 heteroatoms. The number of benzene rings is 1. The minimum Gasteiger partial charge on any atom is -0.472 e. The van der Waals surface area contributed by atoms with E-state index in [9.17, 15) is 4.79 Å². The van der Waals surface area contributed by atoms with E-state index >= 15 is 0 Å². The fourth-order valence-electron chi connectivity index (χ4n) is 2.46. The molecule has 3 rings (SSSR count). The van der Waals surface area contributed by atoms with Crippen molar-refractivity contribution >= 4 is 39.1 Å². The first-order chi connectivity index (χ1) is 12.0. The molecular formula is C18H17ClN2O3S. The summed E-state index contributed by atoms with van der Waals surface area (Å²) in [5.41, 5.74) is 1.64. The third-order valence-corrected chi connectivity index (χ3v) is 5.19. The van der Waals surface area contributed by atoms with Crippen LogP contribution in [0.15, 0.2) is 24.3 Å². The van der Waals surface area contributed by atoms with Gasteiger partial charge in [-0.1, -0.05) is 29.8 Å². The number of hydrogen-bond donors (Lipinski definition) is 0. The van der Waals surface area contributed by atoms with E-state index in [1.807, 2.05) is 31.2 Å². The Bertz CT molecular complexity index is 939. The van der Waals surface area contributed by atoms with Crippen LogP contribution in [-0.2, 0) is 11.3 Å². The van der Waals surface area contributed by atoms with Gasteiger partial charge in [-0.2, -0.15) is 4.98 Å². The summed E-state index contributed by atoms with van der Waals surface area (Å²) >= 11 is 7.47. The Morgan fingerprint density at radius 1 is 1.24 bits per heavy atom. The Hall–Kier alpha value is -2.18. The number of aryl methyl sites for hydroxylation is 2. The van der Waals surface area contributed by atoms with E-state index in [-0.39, 0.29) is 12.6 Å². The molecule has 2 heterocycles. The van der Waals surface area contributed by atoms with Crippen LogP contribution in [-0.4, -0.2) is 22.5 Å².